The maximum Gasteiger partial charge on any atom is 0.171 e. The van der Waals surface area contributed by atoms with Crippen molar-refractivity contribution in [3.63, 3.8) is 0 Å². The molecule has 0 saturated carbocycles. The van der Waals surface area contributed by atoms with Gasteiger partial charge in [-0.05, 0) is 24.6 Å². The van der Waals surface area contributed by atoms with E-state index in [1.807, 2.05) is 0 Å². The van der Waals surface area contributed by atoms with E-state index >= 15 is 0 Å². The Hall–Kier alpha value is -1.64. The molecule has 0 radical (unpaired) electrons. The molecule has 0 aliphatic carbocycles. The molecule has 1 aromatic carbocycles. The lowest BCUT2D eigenvalue weighted by atomic mass is 10.0. The Bertz CT molecular complexity index is 525. The molecular formula is C15H17FN2O2. The van der Waals surface area contributed by atoms with E-state index < -0.39 is 5.79 Å². The van der Waals surface area contributed by atoms with Gasteiger partial charge in [0.25, 0.3) is 0 Å². The molecule has 0 bridgehead atoms. The Kier molecular flexibility index (Phi) is 3.60. The Labute approximate surface area is 117 Å². The van der Waals surface area contributed by atoms with E-state index in [0.29, 0.717) is 5.56 Å². The van der Waals surface area contributed by atoms with E-state index in [0.717, 1.165) is 51.3 Å². The smallest absolute Gasteiger partial charge is 0.171 e. The predicted octanol–water partition coefficient (Wildman–Crippen LogP) is 2.43. The molecule has 0 N–H and O–H groups in total. The first kappa shape index (κ1) is 13.3. The van der Waals surface area contributed by atoms with Crippen LogP contribution in [0.15, 0.2) is 18.2 Å². The van der Waals surface area contributed by atoms with Crippen LogP contribution in [0.1, 0.15) is 24.8 Å². The summed E-state index contributed by atoms with van der Waals surface area (Å²) in [6, 6.07) is 6.42. The van der Waals surface area contributed by atoms with Crippen molar-refractivity contribution in [2.75, 3.05) is 31.2 Å². The van der Waals surface area contributed by atoms with Gasteiger partial charge in [-0.1, -0.05) is 0 Å². The molecule has 0 aromatic heterocycles. The summed E-state index contributed by atoms with van der Waals surface area (Å²) < 4.78 is 24.8. The van der Waals surface area contributed by atoms with Gasteiger partial charge in [-0.25, -0.2) is 4.39 Å². The molecular weight excluding hydrogens is 259 g/mol. The summed E-state index contributed by atoms with van der Waals surface area (Å²) in [6.07, 6.45) is 2.49. The SMILES string of the molecule is N#Cc1cc(F)ccc1N1CCC2(CC1)OCCCO2. The second-order valence-corrected chi connectivity index (χ2v) is 5.22. The number of benzene rings is 1. The number of piperidine rings is 1. The number of nitriles is 1. The number of nitrogens with zero attached hydrogens (tertiary/aromatic N) is 2. The summed E-state index contributed by atoms with van der Waals surface area (Å²) in [6.45, 7) is 3.00. The average molecular weight is 276 g/mol. The van der Waals surface area contributed by atoms with Crippen LogP contribution in [0.5, 0.6) is 0 Å². The van der Waals surface area contributed by atoms with Gasteiger partial charge >= 0.3 is 0 Å². The molecule has 2 aliphatic rings. The highest BCUT2D eigenvalue weighted by molar-refractivity contribution is 5.59. The molecule has 4 nitrogen and oxygen atoms in total. The molecule has 0 atom stereocenters. The summed E-state index contributed by atoms with van der Waals surface area (Å²) in [7, 11) is 0. The highest BCUT2D eigenvalue weighted by atomic mass is 19.1. The first-order valence-corrected chi connectivity index (χ1v) is 6.95. The van der Waals surface area contributed by atoms with Crippen molar-refractivity contribution >= 4 is 5.69 Å². The van der Waals surface area contributed by atoms with Crippen molar-refractivity contribution in [2.24, 2.45) is 0 Å². The Morgan fingerprint density at radius 1 is 1.20 bits per heavy atom. The highest BCUT2D eigenvalue weighted by Crippen LogP contribution is 2.33. The normalized spacial score (nSPS) is 21.7. The third-order valence-electron chi connectivity index (χ3n) is 3.96. The summed E-state index contributed by atoms with van der Waals surface area (Å²) in [5, 5.41) is 9.12. The molecule has 2 fully saturated rings. The number of hydrogen-bond acceptors (Lipinski definition) is 4. The molecule has 0 unspecified atom stereocenters. The molecule has 20 heavy (non-hydrogen) atoms. The zero-order valence-electron chi connectivity index (χ0n) is 11.3. The Morgan fingerprint density at radius 2 is 1.90 bits per heavy atom. The van der Waals surface area contributed by atoms with Gasteiger partial charge in [0, 0.05) is 25.9 Å². The number of rotatable bonds is 1. The Balaban J connectivity index is 1.73. The molecule has 5 heteroatoms. The molecule has 2 heterocycles. The fourth-order valence-corrected chi connectivity index (χ4v) is 2.87. The largest absolute Gasteiger partial charge is 0.370 e. The zero-order valence-corrected chi connectivity index (χ0v) is 11.3. The number of hydrogen-bond donors (Lipinski definition) is 0. The van der Waals surface area contributed by atoms with E-state index in [4.69, 9.17) is 14.7 Å². The summed E-state index contributed by atoms with van der Waals surface area (Å²) in [5.74, 6) is -0.820. The van der Waals surface area contributed by atoms with Crippen molar-refractivity contribution in [2.45, 2.75) is 25.0 Å². The standard InChI is InChI=1S/C15H17FN2O2/c16-13-2-3-14(12(10-13)11-17)18-6-4-15(5-7-18)19-8-1-9-20-15/h2-3,10H,1,4-9H2. The number of halogens is 1. The molecule has 106 valence electrons. The highest BCUT2D eigenvalue weighted by Gasteiger charge is 2.38. The van der Waals surface area contributed by atoms with Crippen molar-refractivity contribution in [1.29, 1.82) is 5.26 Å². The minimum Gasteiger partial charge on any atom is -0.370 e. The van der Waals surface area contributed by atoms with Gasteiger partial charge in [0.15, 0.2) is 5.79 Å². The third-order valence-corrected chi connectivity index (χ3v) is 3.96. The molecule has 1 aromatic rings. The van der Waals surface area contributed by atoms with Gasteiger partial charge in [0.1, 0.15) is 11.9 Å². The lowest BCUT2D eigenvalue weighted by Crippen LogP contribution is -2.50. The molecule has 1 spiro atoms. The van der Waals surface area contributed by atoms with E-state index in [1.54, 1.807) is 6.07 Å². The maximum atomic E-state index is 13.2. The lowest BCUT2D eigenvalue weighted by Gasteiger charge is -2.44. The first-order valence-electron chi connectivity index (χ1n) is 6.95. The quantitative estimate of drug-likeness (QED) is 0.790. The van der Waals surface area contributed by atoms with Gasteiger partial charge in [-0.3, -0.25) is 0 Å². The third kappa shape index (κ3) is 2.49. The van der Waals surface area contributed by atoms with Crippen molar-refractivity contribution < 1.29 is 13.9 Å². The molecule has 2 saturated heterocycles. The number of anilines is 1. The van der Waals surface area contributed by atoms with E-state index in [2.05, 4.69) is 11.0 Å². The van der Waals surface area contributed by atoms with Crippen LogP contribution in [0.4, 0.5) is 10.1 Å². The second kappa shape index (κ2) is 5.39. The van der Waals surface area contributed by atoms with Crippen LogP contribution >= 0.6 is 0 Å². The fourth-order valence-electron chi connectivity index (χ4n) is 2.87. The van der Waals surface area contributed by atoms with E-state index in [9.17, 15) is 4.39 Å². The van der Waals surface area contributed by atoms with Gasteiger partial charge in [-0.2, -0.15) is 5.26 Å². The molecule has 3 rings (SSSR count). The monoisotopic (exact) mass is 276 g/mol. The first-order chi connectivity index (χ1) is 9.72. The maximum absolute atomic E-state index is 13.2. The zero-order chi connectivity index (χ0) is 14.0. The minimum absolute atomic E-state index is 0.377. The topological polar surface area (TPSA) is 45.5 Å². The van der Waals surface area contributed by atoms with Crippen LogP contribution in [0.25, 0.3) is 0 Å². The average Bonchev–Trinajstić information content (AvgIpc) is 2.49. The van der Waals surface area contributed by atoms with Crippen LogP contribution in [0, 0.1) is 17.1 Å². The van der Waals surface area contributed by atoms with Gasteiger partial charge in [0.05, 0.1) is 24.5 Å². The van der Waals surface area contributed by atoms with Gasteiger partial charge in [-0.15, -0.1) is 0 Å². The van der Waals surface area contributed by atoms with Crippen molar-refractivity contribution in [1.82, 2.24) is 0 Å². The number of ether oxygens (including phenoxy) is 2. The van der Waals surface area contributed by atoms with Crippen molar-refractivity contribution in [3.8, 4) is 6.07 Å². The van der Waals surface area contributed by atoms with Crippen LogP contribution in [-0.2, 0) is 9.47 Å². The van der Waals surface area contributed by atoms with Gasteiger partial charge in [0.2, 0.25) is 0 Å². The second-order valence-electron chi connectivity index (χ2n) is 5.22. The van der Waals surface area contributed by atoms with Gasteiger partial charge < -0.3 is 14.4 Å². The predicted molar refractivity (Wildman–Crippen MR) is 71.8 cm³/mol. The van der Waals surface area contributed by atoms with Crippen LogP contribution in [0.2, 0.25) is 0 Å². The Morgan fingerprint density at radius 3 is 2.55 bits per heavy atom. The van der Waals surface area contributed by atoms with Crippen LogP contribution in [0.3, 0.4) is 0 Å². The summed E-state index contributed by atoms with van der Waals surface area (Å²) in [5.41, 5.74) is 1.17. The lowest BCUT2D eigenvalue weighted by molar-refractivity contribution is -0.275. The van der Waals surface area contributed by atoms with Crippen LogP contribution < -0.4 is 4.90 Å². The minimum atomic E-state index is -0.443. The van der Waals surface area contributed by atoms with Crippen molar-refractivity contribution in [3.05, 3.63) is 29.6 Å². The molecule has 2 aliphatic heterocycles. The van der Waals surface area contributed by atoms with E-state index in [1.165, 1.54) is 12.1 Å². The van der Waals surface area contributed by atoms with Crippen LogP contribution in [-0.4, -0.2) is 32.1 Å². The summed E-state index contributed by atoms with van der Waals surface area (Å²) in [4.78, 5) is 2.10. The summed E-state index contributed by atoms with van der Waals surface area (Å²) >= 11 is 0. The van der Waals surface area contributed by atoms with E-state index in [-0.39, 0.29) is 5.82 Å². The molecule has 0 amide bonds. The fraction of sp³-hybridized carbons (Fsp3) is 0.533.